The number of hydrogen-bond donors (Lipinski definition) is 2. The quantitative estimate of drug-likeness (QED) is 0.792. The summed E-state index contributed by atoms with van der Waals surface area (Å²) in [6.07, 6.45) is 1.66. The Morgan fingerprint density at radius 3 is 2.79 bits per heavy atom. The summed E-state index contributed by atoms with van der Waals surface area (Å²) < 4.78 is 0. The molecule has 0 fully saturated rings. The van der Waals surface area contributed by atoms with Gasteiger partial charge in [0.2, 0.25) is 0 Å². The highest BCUT2D eigenvalue weighted by molar-refractivity contribution is 7.19. The molecular weight excluding hydrogens is 194 g/mol. The molecule has 0 bridgehead atoms. The van der Waals surface area contributed by atoms with Crippen molar-refractivity contribution in [2.75, 3.05) is 11.1 Å². The third kappa shape index (κ3) is 1.85. The molecule has 0 amide bonds. The van der Waals surface area contributed by atoms with Gasteiger partial charge in [-0.15, -0.1) is 0 Å². The summed E-state index contributed by atoms with van der Waals surface area (Å²) in [6.45, 7) is 2.05. The molecule has 1 aromatic carbocycles. The Morgan fingerprint density at radius 1 is 1.36 bits per heavy atom. The maximum Gasteiger partial charge on any atom is 0.189 e. The van der Waals surface area contributed by atoms with Gasteiger partial charge >= 0.3 is 0 Å². The van der Waals surface area contributed by atoms with Crippen molar-refractivity contribution in [1.82, 2.24) is 4.98 Å². The summed E-state index contributed by atoms with van der Waals surface area (Å²) >= 11 is 1.45. The molecule has 1 heterocycles. The highest BCUT2D eigenvalue weighted by Gasteiger charge is 2.00. The SMILES string of the molecule is Cc1ccccc1Nc1ncc(N)s1. The Labute approximate surface area is 86.6 Å². The molecule has 0 radical (unpaired) electrons. The molecule has 3 nitrogen and oxygen atoms in total. The Hall–Kier alpha value is -1.55. The van der Waals surface area contributed by atoms with Crippen LogP contribution in [0.1, 0.15) is 5.56 Å². The molecule has 14 heavy (non-hydrogen) atoms. The molecule has 1 aromatic heterocycles. The van der Waals surface area contributed by atoms with Crippen molar-refractivity contribution in [2.24, 2.45) is 0 Å². The average Bonchev–Trinajstić information content (AvgIpc) is 2.56. The predicted octanol–water partition coefficient (Wildman–Crippen LogP) is 2.78. The molecule has 0 saturated heterocycles. The molecule has 0 saturated carbocycles. The molecule has 0 aliphatic carbocycles. The second kappa shape index (κ2) is 3.67. The maximum atomic E-state index is 5.59. The average molecular weight is 205 g/mol. The number of benzene rings is 1. The summed E-state index contributed by atoms with van der Waals surface area (Å²) in [5.41, 5.74) is 7.85. The van der Waals surface area contributed by atoms with E-state index in [0.717, 1.165) is 15.8 Å². The number of anilines is 3. The van der Waals surface area contributed by atoms with E-state index in [1.165, 1.54) is 16.9 Å². The number of nitrogen functional groups attached to an aromatic ring is 1. The summed E-state index contributed by atoms with van der Waals surface area (Å²) in [6, 6.07) is 8.08. The summed E-state index contributed by atoms with van der Waals surface area (Å²) in [5, 5.41) is 4.77. The van der Waals surface area contributed by atoms with Crippen molar-refractivity contribution in [3.05, 3.63) is 36.0 Å². The van der Waals surface area contributed by atoms with Crippen LogP contribution in [0.25, 0.3) is 0 Å². The number of rotatable bonds is 2. The first-order chi connectivity index (χ1) is 6.75. The van der Waals surface area contributed by atoms with Gasteiger partial charge in [-0.25, -0.2) is 4.98 Å². The van der Waals surface area contributed by atoms with E-state index >= 15 is 0 Å². The van der Waals surface area contributed by atoms with Crippen molar-refractivity contribution in [3.63, 3.8) is 0 Å². The zero-order chi connectivity index (χ0) is 9.97. The number of para-hydroxylation sites is 1. The molecule has 0 spiro atoms. The first-order valence-electron chi connectivity index (χ1n) is 4.29. The first kappa shape index (κ1) is 9.02. The van der Waals surface area contributed by atoms with Gasteiger partial charge in [0, 0.05) is 5.69 Å². The topological polar surface area (TPSA) is 50.9 Å². The van der Waals surface area contributed by atoms with Gasteiger partial charge in [0.25, 0.3) is 0 Å². The van der Waals surface area contributed by atoms with Gasteiger partial charge in [0.15, 0.2) is 5.13 Å². The van der Waals surface area contributed by atoms with Crippen molar-refractivity contribution in [2.45, 2.75) is 6.92 Å². The smallest absolute Gasteiger partial charge is 0.189 e. The standard InChI is InChI=1S/C10H11N3S/c1-7-4-2-3-5-8(7)13-10-12-6-9(11)14-10/h2-6H,11H2,1H3,(H,12,13). The van der Waals surface area contributed by atoms with E-state index in [4.69, 9.17) is 5.73 Å². The van der Waals surface area contributed by atoms with Crippen molar-refractivity contribution in [3.8, 4) is 0 Å². The number of aryl methyl sites for hydroxylation is 1. The number of nitrogens with one attached hydrogen (secondary N) is 1. The molecule has 0 atom stereocenters. The number of hydrogen-bond acceptors (Lipinski definition) is 4. The van der Waals surface area contributed by atoms with E-state index in [1.807, 2.05) is 18.2 Å². The lowest BCUT2D eigenvalue weighted by Crippen LogP contribution is -1.91. The minimum absolute atomic E-state index is 0.723. The molecule has 0 unspecified atom stereocenters. The van der Waals surface area contributed by atoms with E-state index in [1.54, 1.807) is 6.20 Å². The van der Waals surface area contributed by atoms with Crippen LogP contribution in [0.3, 0.4) is 0 Å². The molecule has 3 N–H and O–H groups in total. The number of thiazole rings is 1. The number of aromatic nitrogens is 1. The van der Waals surface area contributed by atoms with Crippen LogP contribution in [0, 0.1) is 6.92 Å². The Morgan fingerprint density at radius 2 is 2.14 bits per heavy atom. The summed E-state index contributed by atoms with van der Waals surface area (Å²) in [4.78, 5) is 4.13. The summed E-state index contributed by atoms with van der Waals surface area (Å²) in [5.74, 6) is 0. The van der Waals surface area contributed by atoms with Gasteiger partial charge < -0.3 is 11.1 Å². The molecule has 0 aliphatic heterocycles. The molecule has 4 heteroatoms. The zero-order valence-corrected chi connectivity index (χ0v) is 8.64. The van der Waals surface area contributed by atoms with Crippen LogP contribution in [-0.2, 0) is 0 Å². The normalized spacial score (nSPS) is 10.1. The van der Waals surface area contributed by atoms with E-state index in [2.05, 4.69) is 23.3 Å². The van der Waals surface area contributed by atoms with Gasteiger partial charge in [0.05, 0.1) is 6.20 Å². The van der Waals surface area contributed by atoms with E-state index in [0.29, 0.717) is 0 Å². The monoisotopic (exact) mass is 205 g/mol. The van der Waals surface area contributed by atoms with Crippen LogP contribution in [0.15, 0.2) is 30.5 Å². The molecular formula is C10H11N3S. The maximum absolute atomic E-state index is 5.59. The third-order valence-electron chi connectivity index (χ3n) is 1.91. The van der Waals surface area contributed by atoms with E-state index in [9.17, 15) is 0 Å². The fourth-order valence-corrected chi connectivity index (χ4v) is 1.77. The fraction of sp³-hybridized carbons (Fsp3) is 0.100. The highest BCUT2D eigenvalue weighted by Crippen LogP contribution is 2.25. The largest absolute Gasteiger partial charge is 0.389 e. The third-order valence-corrected chi connectivity index (χ3v) is 2.65. The predicted molar refractivity (Wildman–Crippen MR) is 61.0 cm³/mol. The lowest BCUT2D eigenvalue weighted by atomic mass is 10.2. The van der Waals surface area contributed by atoms with Crippen LogP contribution in [-0.4, -0.2) is 4.98 Å². The first-order valence-corrected chi connectivity index (χ1v) is 5.11. The van der Waals surface area contributed by atoms with Gasteiger partial charge in [-0.2, -0.15) is 0 Å². The number of nitrogens with two attached hydrogens (primary N) is 1. The molecule has 2 aromatic rings. The van der Waals surface area contributed by atoms with Crippen molar-refractivity contribution in [1.29, 1.82) is 0 Å². The second-order valence-corrected chi connectivity index (χ2v) is 4.07. The van der Waals surface area contributed by atoms with Crippen LogP contribution < -0.4 is 11.1 Å². The second-order valence-electron chi connectivity index (χ2n) is 3.01. The minimum Gasteiger partial charge on any atom is -0.389 e. The van der Waals surface area contributed by atoms with E-state index < -0.39 is 0 Å². The lowest BCUT2D eigenvalue weighted by Gasteiger charge is -2.04. The summed E-state index contributed by atoms with van der Waals surface area (Å²) in [7, 11) is 0. The van der Waals surface area contributed by atoms with Crippen LogP contribution in [0.4, 0.5) is 15.8 Å². The molecule has 2 rings (SSSR count). The van der Waals surface area contributed by atoms with Crippen molar-refractivity contribution >= 4 is 27.2 Å². The Balaban J connectivity index is 2.23. The van der Waals surface area contributed by atoms with Crippen molar-refractivity contribution < 1.29 is 0 Å². The Kier molecular flexibility index (Phi) is 2.37. The van der Waals surface area contributed by atoms with E-state index in [-0.39, 0.29) is 0 Å². The van der Waals surface area contributed by atoms with Gasteiger partial charge in [-0.05, 0) is 18.6 Å². The van der Waals surface area contributed by atoms with Crippen LogP contribution in [0.5, 0.6) is 0 Å². The van der Waals surface area contributed by atoms with Crippen LogP contribution >= 0.6 is 11.3 Å². The highest BCUT2D eigenvalue weighted by atomic mass is 32.1. The fourth-order valence-electron chi connectivity index (χ4n) is 1.17. The number of nitrogens with zero attached hydrogens (tertiary/aromatic N) is 1. The van der Waals surface area contributed by atoms with Gasteiger partial charge in [-0.3, -0.25) is 0 Å². The lowest BCUT2D eigenvalue weighted by molar-refractivity contribution is 1.37. The zero-order valence-electron chi connectivity index (χ0n) is 7.82. The van der Waals surface area contributed by atoms with Gasteiger partial charge in [-0.1, -0.05) is 29.5 Å². The minimum atomic E-state index is 0.723. The Bertz CT molecular complexity index is 436. The molecule has 0 aliphatic rings. The van der Waals surface area contributed by atoms with Gasteiger partial charge in [0.1, 0.15) is 5.00 Å². The molecule has 72 valence electrons. The van der Waals surface area contributed by atoms with Crippen LogP contribution in [0.2, 0.25) is 0 Å².